The van der Waals surface area contributed by atoms with E-state index >= 15 is 0 Å². The van der Waals surface area contributed by atoms with E-state index in [0.717, 1.165) is 25.5 Å². The molecule has 0 radical (unpaired) electrons. The molecule has 21 heteroatoms. The number of carboxylic acid groups (broad SMARTS) is 2. The molecule has 2 atom stereocenters. The van der Waals surface area contributed by atoms with Gasteiger partial charge in [-0.3, -0.25) is 9.11 Å². The Morgan fingerprint density at radius 3 is 1.46 bits per heavy atom. The van der Waals surface area contributed by atoms with Gasteiger partial charge in [-0.1, -0.05) is 39.8 Å². The fraction of sp³-hybridized carbons (Fsp3) is 0.375. The summed E-state index contributed by atoms with van der Waals surface area (Å²) < 4.78 is 31.6. The second kappa shape index (κ2) is 29.8. The fourth-order valence-electron chi connectivity index (χ4n) is 4.42. The summed E-state index contributed by atoms with van der Waals surface area (Å²) in [6, 6.07) is 19.1. The first kappa shape index (κ1) is 55.6. The van der Waals surface area contributed by atoms with Crippen molar-refractivity contribution in [3.63, 3.8) is 0 Å². The van der Waals surface area contributed by atoms with Gasteiger partial charge in [0.2, 0.25) is 0 Å². The molecular formula is C40H59N5O14S2. The second-order valence-corrected chi connectivity index (χ2v) is 15.6. The highest BCUT2D eigenvalue weighted by atomic mass is 32.3. The Balaban J connectivity index is 0.000000779. The van der Waals surface area contributed by atoms with Gasteiger partial charge >= 0.3 is 22.3 Å². The monoisotopic (exact) mass is 897 g/mol. The molecule has 4 aromatic rings. The van der Waals surface area contributed by atoms with Crippen LogP contribution in [0.5, 0.6) is 23.0 Å². The molecule has 0 aliphatic heterocycles. The van der Waals surface area contributed by atoms with Gasteiger partial charge in [-0.05, 0) is 73.1 Å². The number of anilines is 1. The normalized spacial score (nSPS) is 11.8. The fourth-order valence-corrected chi connectivity index (χ4v) is 5.14. The van der Waals surface area contributed by atoms with Gasteiger partial charge in [0.05, 0.1) is 18.8 Å². The molecule has 2 heterocycles. The Kier molecular flexibility index (Phi) is 27.2. The molecule has 0 aliphatic rings. The highest BCUT2D eigenvalue weighted by Crippen LogP contribution is 2.25. The summed E-state index contributed by atoms with van der Waals surface area (Å²) >= 11 is 1.80. The summed E-state index contributed by atoms with van der Waals surface area (Å²) in [5.41, 5.74) is 1.00. The number of nitrogens with zero attached hydrogens (tertiary/aromatic N) is 3. The molecule has 0 bridgehead atoms. The minimum atomic E-state index is -4.67. The zero-order valence-electron chi connectivity index (χ0n) is 34.8. The Bertz CT molecular complexity index is 1840. The standard InChI is InChI=1S/C14H19N3S.2C11H17NO3.C4H4O4.H2O4S/c1-16(2)9-10-17(12-13-6-5-11-18-13)14-7-3-4-8-15-14;2*1-7(2)12-6-11(15)8-3-9(13)5-10(14)4-8;5-3(6)1-2-4(7)8;1-5(2,3)4/h3-8,11H,9-10,12H2,1-2H3;2*3-5,7,11-15H,6H2,1-2H3;1-2H,(H,5,6)(H,7,8);(H2,1,2,3,4)/b;;;2-1+;. The molecule has 4 rings (SSSR count). The summed E-state index contributed by atoms with van der Waals surface area (Å²) in [7, 11) is -0.469. The van der Waals surface area contributed by atoms with Crippen molar-refractivity contribution in [2.24, 2.45) is 0 Å². The zero-order valence-corrected chi connectivity index (χ0v) is 36.4. The number of pyridine rings is 1. The first-order chi connectivity index (χ1) is 28.4. The van der Waals surface area contributed by atoms with Crippen LogP contribution >= 0.6 is 11.3 Å². The van der Waals surface area contributed by atoms with E-state index in [2.05, 4.69) is 63.1 Å². The maximum atomic E-state index is 9.73. The maximum Gasteiger partial charge on any atom is 0.394 e. The van der Waals surface area contributed by atoms with Crippen molar-refractivity contribution in [3.05, 3.63) is 106 Å². The molecule has 19 nitrogen and oxygen atoms in total. The summed E-state index contributed by atoms with van der Waals surface area (Å²) in [5.74, 6) is -1.66. The number of phenols is 4. The number of nitrogens with one attached hydrogen (secondary N) is 2. The van der Waals surface area contributed by atoms with Crippen LogP contribution < -0.4 is 15.5 Å². The van der Waals surface area contributed by atoms with E-state index in [9.17, 15) is 40.2 Å². The van der Waals surface area contributed by atoms with Crippen molar-refractivity contribution in [1.82, 2.24) is 20.5 Å². The van der Waals surface area contributed by atoms with Crippen LogP contribution in [0.25, 0.3) is 0 Å². The molecule has 2 unspecified atom stereocenters. The number of aliphatic hydroxyl groups excluding tert-OH is 2. The third-order valence-electron chi connectivity index (χ3n) is 7.14. The van der Waals surface area contributed by atoms with Gasteiger partial charge in [0, 0.05) is 73.6 Å². The number of hydrogen-bond donors (Lipinski definition) is 12. The van der Waals surface area contributed by atoms with Crippen molar-refractivity contribution in [2.45, 2.75) is 58.5 Å². The number of phenolic OH excluding ortho intramolecular Hbond substituents is 4. The highest BCUT2D eigenvalue weighted by molar-refractivity contribution is 7.79. The first-order valence-corrected chi connectivity index (χ1v) is 20.7. The van der Waals surface area contributed by atoms with E-state index in [-0.39, 0.29) is 35.1 Å². The van der Waals surface area contributed by atoms with Gasteiger partial charge in [-0.25, -0.2) is 14.6 Å². The Morgan fingerprint density at radius 2 is 1.15 bits per heavy atom. The molecule has 2 aromatic carbocycles. The third-order valence-corrected chi connectivity index (χ3v) is 8.01. The minimum absolute atomic E-state index is 0.0476. The number of thiophene rings is 1. The van der Waals surface area contributed by atoms with Crippen LogP contribution in [-0.4, -0.2) is 133 Å². The molecule has 0 spiro atoms. The minimum Gasteiger partial charge on any atom is -0.508 e. The topological polar surface area (TPSA) is 314 Å². The number of hydrogen-bond acceptors (Lipinski definition) is 16. The summed E-state index contributed by atoms with van der Waals surface area (Å²) in [4.78, 5) is 29.5. The third kappa shape index (κ3) is 31.2. The van der Waals surface area contributed by atoms with E-state index in [4.69, 9.17) is 27.7 Å². The van der Waals surface area contributed by atoms with Gasteiger partial charge in [0.25, 0.3) is 0 Å². The van der Waals surface area contributed by atoms with Crippen molar-refractivity contribution >= 4 is 39.5 Å². The molecular weight excluding hydrogens is 839 g/mol. The number of rotatable bonds is 16. The van der Waals surface area contributed by atoms with E-state index in [1.54, 1.807) is 11.3 Å². The van der Waals surface area contributed by atoms with Crippen LogP contribution in [0.2, 0.25) is 0 Å². The van der Waals surface area contributed by atoms with Crippen LogP contribution in [0.3, 0.4) is 0 Å². The lowest BCUT2D eigenvalue weighted by Gasteiger charge is -2.24. The predicted molar refractivity (Wildman–Crippen MR) is 232 cm³/mol. The average molecular weight is 898 g/mol. The van der Waals surface area contributed by atoms with Crippen LogP contribution in [0.15, 0.2) is 90.5 Å². The van der Waals surface area contributed by atoms with Gasteiger partial charge in [-0.2, -0.15) is 8.42 Å². The SMILES string of the molecule is CC(C)NCC(O)c1cc(O)cc(O)c1.CC(C)NCC(O)c1cc(O)cc(O)c1.CN(C)CCN(Cc1cccs1)c1ccccn1.O=C(O)/C=C/C(=O)O.O=S(=O)(O)O. The molecule has 0 aliphatic carbocycles. The highest BCUT2D eigenvalue weighted by Gasteiger charge is 2.12. The predicted octanol–water partition coefficient (Wildman–Crippen LogP) is 4.03. The first-order valence-electron chi connectivity index (χ1n) is 18.4. The van der Waals surface area contributed by atoms with Gasteiger partial charge < -0.3 is 61.3 Å². The Morgan fingerprint density at radius 1 is 0.721 bits per heavy atom. The number of carboxylic acids is 2. The quantitative estimate of drug-likeness (QED) is 0.0558. The maximum absolute atomic E-state index is 9.73. The molecule has 0 saturated carbocycles. The van der Waals surface area contributed by atoms with Crippen LogP contribution in [0.4, 0.5) is 5.82 Å². The number of aliphatic carboxylic acids is 2. The van der Waals surface area contributed by atoms with Crippen LogP contribution in [0, 0.1) is 0 Å². The Labute approximate surface area is 360 Å². The molecule has 61 heavy (non-hydrogen) atoms. The van der Waals surface area contributed by atoms with E-state index in [1.807, 2.05) is 46.0 Å². The summed E-state index contributed by atoms with van der Waals surface area (Å²) in [5, 5.41) is 80.3. The van der Waals surface area contributed by atoms with Crippen molar-refractivity contribution in [1.29, 1.82) is 0 Å². The molecule has 0 amide bonds. The summed E-state index contributed by atoms with van der Waals surface area (Å²) in [6.45, 7) is 11.6. The summed E-state index contributed by atoms with van der Waals surface area (Å²) in [6.07, 6.45) is 1.51. The lowest BCUT2D eigenvalue weighted by molar-refractivity contribution is -0.134. The molecule has 0 saturated heterocycles. The molecule has 12 N–H and O–H groups in total. The smallest absolute Gasteiger partial charge is 0.394 e. The number of aromatic hydroxyl groups is 4. The number of carbonyl (C=O) groups is 2. The van der Waals surface area contributed by atoms with Crippen molar-refractivity contribution in [3.8, 4) is 23.0 Å². The second-order valence-electron chi connectivity index (χ2n) is 13.7. The number of aliphatic hydroxyl groups is 2. The van der Waals surface area contributed by atoms with E-state index in [1.165, 1.54) is 41.3 Å². The number of likely N-dealkylation sites (N-methyl/N-ethyl adjacent to an activating group) is 1. The zero-order chi connectivity index (χ0) is 46.7. The molecule has 0 fully saturated rings. The van der Waals surface area contributed by atoms with Crippen molar-refractivity contribution in [2.75, 3.05) is 45.2 Å². The Hall–Kier alpha value is -5.36. The van der Waals surface area contributed by atoms with E-state index < -0.39 is 34.5 Å². The lowest BCUT2D eigenvalue weighted by Crippen LogP contribution is -2.31. The number of benzene rings is 2. The lowest BCUT2D eigenvalue weighted by atomic mass is 10.1. The molecule has 2 aromatic heterocycles. The van der Waals surface area contributed by atoms with Gasteiger partial charge in [0.1, 0.15) is 28.8 Å². The molecule has 340 valence electrons. The van der Waals surface area contributed by atoms with Gasteiger partial charge in [0.15, 0.2) is 0 Å². The average Bonchev–Trinajstić information content (AvgIpc) is 3.66. The van der Waals surface area contributed by atoms with Crippen molar-refractivity contribution < 1.29 is 68.0 Å². The largest absolute Gasteiger partial charge is 0.508 e. The van der Waals surface area contributed by atoms with Crippen LogP contribution in [0.1, 0.15) is 55.9 Å². The van der Waals surface area contributed by atoms with Gasteiger partial charge in [-0.15, -0.1) is 11.3 Å². The number of aromatic nitrogens is 1. The van der Waals surface area contributed by atoms with Crippen LogP contribution in [-0.2, 0) is 26.5 Å². The van der Waals surface area contributed by atoms with E-state index in [0.29, 0.717) is 36.4 Å².